The second-order valence-corrected chi connectivity index (χ2v) is 6.16. The molecule has 4 heterocycles. The number of nitrogens with zero attached hydrogens (tertiary/aromatic N) is 4. The van der Waals surface area contributed by atoms with Gasteiger partial charge in [0.1, 0.15) is 23.7 Å². The molecule has 0 amide bonds. The van der Waals surface area contributed by atoms with Gasteiger partial charge in [-0.25, -0.2) is 15.0 Å². The van der Waals surface area contributed by atoms with Gasteiger partial charge in [-0.15, -0.1) is 0 Å². The van der Waals surface area contributed by atoms with Crippen molar-refractivity contribution in [3.05, 3.63) is 42.6 Å². The lowest BCUT2D eigenvalue weighted by Gasteiger charge is -2.38. The molecule has 23 heavy (non-hydrogen) atoms. The van der Waals surface area contributed by atoms with E-state index in [-0.39, 0.29) is 6.04 Å². The maximum atomic E-state index is 5.77. The number of hydrogen-bond acceptors (Lipinski definition) is 6. The quantitative estimate of drug-likeness (QED) is 0.783. The summed E-state index contributed by atoms with van der Waals surface area (Å²) in [5.41, 5.74) is 6.41. The maximum absolute atomic E-state index is 5.77. The lowest BCUT2D eigenvalue weighted by Crippen LogP contribution is -2.36. The van der Waals surface area contributed by atoms with E-state index in [9.17, 15) is 0 Å². The van der Waals surface area contributed by atoms with Crippen molar-refractivity contribution in [2.24, 2.45) is 5.92 Å². The van der Waals surface area contributed by atoms with Crippen LogP contribution < -0.4 is 10.6 Å². The normalized spacial score (nSPS) is 21.7. The number of nitrogen functional groups attached to an aromatic ring is 1. The fourth-order valence-corrected chi connectivity index (χ4v) is 3.32. The molecule has 0 aliphatic carbocycles. The molecule has 0 aromatic carbocycles. The van der Waals surface area contributed by atoms with Gasteiger partial charge < -0.3 is 15.1 Å². The van der Waals surface area contributed by atoms with E-state index in [4.69, 9.17) is 10.2 Å². The van der Waals surface area contributed by atoms with Gasteiger partial charge in [0.05, 0.1) is 17.7 Å². The number of fused-ring (bicyclic) bond motifs is 1. The second kappa shape index (κ2) is 5.53. The number of anilines is 2. The Kier molecular flexibility index (Phi) is 3.37. The van der Waals surface area contributed by atoms with E-state index >= 15 is 0 Å². The summed E-state index contributed by atoms with van der Waals surface area (Å²) >= 11 is 0. The number of piperidine rings is 1. The van der Waals surface area contributed by atoms with Crippen LogP contribution in [0.25, 0.3) is 11.0 Å². The molecule has 1 aliphatic rings. The van der Waals surface area contributed by atoms with Crippen LogP contribution in [0.4, 0.5) is 11.6 Å². The molecule has 0 saturated carbocycles. The minimum Gasteiger partial charge on any atom is -0.467 e. The van der Waals surface area contributed by atoms with Crippen LogP contribution in [0.1, 0.15) is 31.6 Å². The minimum absolute atomic E-state index is 0.185. The van der Waals surface area contributed by atoms with Crippen molar-refractivity contribution < 1.29 is 4.42 Å². The first kappa shape index (κ1) is 14.0. The largest absolute Gasteiger partial charge is 0.467 e. The van der Waals surface area contributed by atoms with Gasteiger partial charge in [0.2, 0.25) is 0 Å². The average molecular weight is 309 g/mol. The first-order valence-electron chi connectivity index (χ1n) is 7.89. The van der Waals surface area contributed by atoms with Crippen LogP contribution in [-0.4, -0.2) is 21.5 Å². The van der Waals surface area contributed by atoms with Gasteiger partial charge in [0.25, 0.3) is 0 Å². The summed E-state index contributed by atoms with van der Waals surface area (Å²) in [7, 11) is 0. The Morgan fingerprint density at radius 1 is 1.26 bits per heavy atom. The van der Waals surface area contributed by atoms with Crippen molar-refractivity contribution in [2.45, 2.75) is 25.8 Å². The molecule has 3 aromatic rings. The third-order valence-electron chi connectivity index (χ3n) is 4.51. The lowest BCUT2D eigenvalue weighted by atomic mass is 9.91. The lowest BCUT2D eigenvalue weighted by molar-refractivity contribution is 0.327. The Hall–Kier alpha value is -2.63. The van der Waals surface area contributed by atoms with E-state index in [2.05, 4.69) is 26.8 Å². The summed E-state index contributed by atoms with van der Waals surface area (Å²) in [6, 6.07) is 7.90. The fourth-order valence-electron chi connectivity index (χ4n) is 3.32. The Morgan fingerprint density at radius 3 is 3.00 bits per heavy atom. The molecule has 0 radical (unpaired) electrons. The van der Waals surface area contributed by atoms with Crippen molar-refractivity contribution in [3.8, 4) is 0 Å². The maximum Gasteiger partial charge on any atom is 0.166 e. The molecule has 1 saturated heterocycles. The second-order valence-electron chi connectivity index (χ2n) is 6.16. The van der Waals surface area contributed by atoms with Crippen molar-refractivity contribution in [2.75, 3.05) is 17.2 Å². The molecule has 0 spiro atoms. The van der Waals surface area contributed by atoms with Gasteiger partial charge in [-0.05, 0) is 43.0 Å². The van der Waals surface area contributed by atoms with Crippen LogP contribution >= 0.6 is 0 Å². The van der Waals surface area contributed by atoms with Crippen molar-refractivity contribution in [1.82, 2.24) is 15.0 Å². The molecule has 2 atom stereocenters. The van der Waals surface area contributed by atoms with Crippen LogP contribution in [0.5, 0.6) is 0 Å². The molecule has 2 N–H and O–H groups in total. The van der Waals surface area contributed by atoms with Gasteiger partial charge in [-0.3, -0.25) is 0 Å². The van der Waals surface area contributed by atoms with Crippen molar-refractivity contribution in [1.29, 1.82) is 0 Å². The average Bonchev–Trinajstić information content (AvgIpc) is 3.08. The summed E-state index contributed by atoms with van der Waals surface area (Å²) < 4.78 is 5.68. The SMILES string of the molecule is CC1CCN(c2ncnc3nc(N)ccc23)C(c2ccco2)C1. The molecule has 118 valence electrons. The molecule has 6 heteroatoms. The Balaban J connectivity index is 1.81. The van der Waals surface area contributed by atoms with Gasteiger partial charge in [0, 0.05) is 6.54 Å². The Labute approximate surface area is 134 Å². The van der Waals surface area contributed by atoms with E-state index in [1.807, 2.05) is 18.2 Å². The third-order valence-corrected chi connectivity index (χ3v) is 4.51. The molecular weight excluding hydrogens is 290 g/mol. The highest BCUT2D eigenvalue weighted by Crippen LogP contribution is 2.38. The zero-order valence-corrected chi connectivity index (χ0v) is 13.0. The van der Waals surface area contributed by atoms with E-state index in [1.165, 1.54) is 0 Å². The predicted octanol–water partition coefficient (Wildman–Crippen LogP) is 3.18. The minimum atomic E-state index is 0.185. The molecule has 1 aliphatic heterocycles. The van der Waals surface area contributed by atoms with Gasteiger partial charge >= 0.3 is 0 Å². The van der Waals surface area contributed by atoms with Crippen LogP contribution in [0.2, 0.25) is 0 Å². The molecule has 4 rings (SSSR count). The highest BCUT2D eigenvalue weighted by molar-refractivity contribution is 5.87. The molecular formula is C17H19N5O. The van der Waals surface area contributed by atoms with E-state index in [0.29, 0.717) is 17.4 Å². The van der Waals surface area contributed by atoms with Crippen LogP contribution in [-0.2, 0) is 0 Å². The zero-order chi connectivity index (χ0) is 15.8. The van der Waals surface area contributed by atoms with Gasteiger partial charge in [-0.2, -0.15) is 0 Å². The number of hydrogen-bond donors (Lipinski definition) is 1. The summed E-state index contributed by atoms with van der Waals surface area (Å²) in [6.45, 7) is 3.22. The van der Waals surface area contributed by atoms with Crippen LogP contribution in [0, 0.1) is 5.92 Å². The van der Waals surface area contributed by atoms with E-state index in [1.54, 1.807) is 18.7 Å². The number of rotatable bonds is 2. The molecule has 6 nitrogen and oxygen atoms in total. The third kappa shape index (κ3) is 2.50. The predicted molar refractivity (Wildman–Crippen MR) is 88.9 cm³/mol. The molecule has 1 fully saturated rings. The highest BCUT2D eigenvalue weighted by atomic mass is 16.3. The first-order valence-corrected chi connectivity index (χ1v) is 7.89. The fraction of sp³-hybridized carbons (Fsp3) is 0.353. The van der Waals surface area contributed by atoms with Crippen molar-refractivity contribution in [3.63, 3.8) is 0 Å². The van der Waals surface area contributed by atoms with Gasteiger partial charge in [0.15, 0.2) is 5.65 Å². The smallest absolute Gasteiger partial charge is 0.166 e. The Bertz CT molecular complexity index is 817. The number of pyridine rings is 1. The van der Waals surface area contributed by atoms with Crippen molar-refractivity contribution >= 4 is 22.7 Å². The van der Waals surface area contributed by atoms with Gasteiger partial charge in [-0.1, -0.05) is 6.92 Å². The summed E-state index contributed by atoms with van der Waals surface area (Å²) in [4.78, 5) is 15.4. The monoisotopic (exact) mass is 309 g/mol. The van der Waals surface area contributed by atoms with Crippen LogP contribution in [0.15, 0.2) is 41.3 Å². The molecule has 3 aromatic heterocycles. The number of nitrogens with two attached hydrogens (primary N) is 1. The number of furan rings is 1. The van der Waals surface area contributed by atoms with E-state index < -0.39 is 0 Å². The first-order chi connectivity index (χ1) is 11.2. The molecule has 2 unspecified atom stereocenters. The zero-order valence-electron chi connectivity index (χ0n) is 13.0. The molecule has 0 bridgehead atoms. The summed E-state index contributed by atoms with van der Waals surface area (Å²) in [5.74, 6) is 3.00. The summed E-state index contributed by atoms with van der Waals surface area (Å²) in [6.07, 6.45) is 5.46. The highest BCUT2D eigenvalue weighted by Gasteiger charge is 2.31. The topological polar surface area (TPSA) is 81.1 Å². The standard InChI is InChI=1S/C17H19N5O/c1-11-6-7-22(13(9-11)14-3-2-8-23-14)17-12-4-5-15(18)21-16(12)19-10-20-17/h2-5,8,10-11,13H,6-7,9H2,1H3,(H2,18,19,20,21). The van der Waals surface area contributed by atoms with E-state index in [0.717, 1.165) is 36.4 Å². The van der Waals surface area contributed by atoms with Crippen LogP contribution in [0.3, 0.4) is 0 Å². The summed E-state index contributed by atoms with van der Waals surface area (Å²) in [5, 5.41) is 0.924. The number of aromatic nitrogens is 3. The Morgan fingerprint density at radius 2 is 2.17 bits per heavy atom.